The van der Waals surface area contributed by atoms with Crippen LogP contribution in [-0.4, -0.2) is 44.7 Å². The second-order valence-corrected chi connectivity index (χ2v) is 9.55. The van der Waals surface area contributed by atoms with Crippen molar-refractivity contribution in [2.45, 2.75) is 17.2 Å². The molecule has 0 aliphatic carbocycles. The second-order valence-electron chi connectivity index (χ2n) is 5.82. The minimum absolute atomic E-state index is 0.227. The van der Waals surface area contributed by atoms with Crippen LogP contribution in [0.1, 0.15) is 5.56 Å². The van der Waals surface area contributed by atoms with E-state index in [0.717, 1.165) is 51.8 Å². The molecule has 0 amide bonds. The number of rotatable bonds is 0. The van der Waals surface area contributed by atoms with E-state index in [9.17, 15) is 4.79 Å². The summed E-state index contributed by atoms with van der Waals surface area (Å²) in [6.07, 6.45) is 0. The minimum atomic E-state index is -0.227. The van der Waals surface area contributed by atoms with Crippen molar-refractivity contribution in [1.29, 1.82) is 0 Å². The zero-order valence-electron chi connectivity index (χ0n) is 12.5. The molecule has 3 heterocycles. The lowest BCUT2D eigenvalue weighted by Gasteiger charge is -2.39. The summed E-state index contributed by atoms with van der Waals surface area (Å²) in [7, 11) is 5.63. The first-order chi connectivity index (χ1) is 11.0. The highest BCUT2D eigenvalue weighted by atomic mass is 127. The average Bonchev–Trinajstić information content (AvgIpc) is 2.67. The molecular weight excluding hydrogens is 467 g/mol. The Bertz CT molecular complexity index is 874. The van der Waals surface area contributed by atoms with Crippen LogP contribution in [0.25, 0.3) is 10.9 Å². The number of fused-ring (bicyclic) bond motifs is 2. The van der Waals surface area contributed by atoms with Gasteiger partial charge in [0.05, 0.1) is 49.1 Å². The number of benzene rings is 1. The summed E-state index contributed by atoms with van der Waals surface area (Å²) in [5.74, 6) is 0.783. The third kappa shape index (κ3) is 2.57. The van der Waals surface area contributed by atoms with Gasteiger partial charge in [-0.3, -0.25) is 0 Å². The van der Waals surface area contributed by atoms with Crippen molar-refractivity contribution in [2.24, 2.45) is 0 Å². The van der Waals surface area contributed by atoms with Gasteiger partial charge in [0.25, 0.3) is 0 Å². The summed E-state index contributed by atoms with van der Waals surface area (Å²) >= 11 is 8.61. The fourth-order valence-corrected chi connectivity index (χ4v) is 6.86. The summed E-state index contributed by atoms with van der Waals surface area (Å²) in [6.45, 7) is 4.76. The average molecular weight is 481 g/mol. The Labute approximate surface area is 160 Å². The van der Waals surface area contributed by atoms with Crippen LogP contribution in [0.4, 0.5) is 5.82 Å². The maximum Gasteiger partial charge on any atom is 0.359 e. The number of aryl methyl sites for hydroxylation is 1. The number of nitrogens with zero attached hydrogens (tertiary/aromatic N) is 4. The van der Waals surface area contributed by atoms with E-state index < -0.39 is 0 Å². The quantitative estimate of drug-likeness (QED) is 0.425. The predicted molar refractivity (Wildman–Crippen MR) is 107 cm³/mol. The monoisotopic (exact) mass is 480 g/mol. The molecule has 1 atom stereocenters. The summed E-state index contributed by atoms with van der Waals surface area (Å²) in [4.78, 5) is 22.4. The van der Waals surface area contributed by atoms with Gasteiger partial charge in [-0.15, -0.1) is 0 Å². The maximum absolute atomic E-state index is 12.4. The normalized spacial score (nSPS) is 21.4. The third-order valence-electron chi connectivity index (χ3n) is 4.24. The molecule has 1 unspecified atom stereocenters. The largest absolute Gasteiger partial charge is 0.359 e. The molecule has 0 spiro atoms. The number of halogens is 2. The van der Waals surface area contributed by atoms with Crippen LogP contribution in [-0.2, 0) is 0 Å². The lowest BCUT2D eigenvalue weighted by molar-refractivity contribution is 0.301. The number of anilines is 1. The summed E-state index contributed by atoms with van der Waals surface area (Å²) in [5.41, 5.74) is 1.65. The first-order valence-corrected chi connectivity index (χ1v) is 10.7. The highest BCUT2D eigenvalue weighted by Gasteiger charge is 2.33. The fraction of sp³-hybridized carbons (Fsp3) is 0.429. The van der Waals surface area contributed by atoms with Crippen molar-refractivity contribution in [3.8, 4) is 0 Å². The lowest BCUT2D eigenvalue weighted by Crippen LogP contribution is -2.50. The molecule has 1 saturated heterocycles. The Morgan fingerprint density at radius 2 is 2.22 bits per heavy atom. The van der Waals surface area contributed by atoms with Gasteiger partial charge in [0.15, 0.2) is 0 Å². The summed E-state index contributed by atoms with van der Waals surface area (Å²) in [6, 6.07) is 1.99. The first-order valence-electron chi connectivity index (χ1n) is 7.18. The molecule has 1 aromatic heterocycles. The number of hydrogen-bond acceptors (Lipinski definition) is 6. The van der Waals surface area contributed by atoms with E-state index in [1.807, 2.05) is 35.9 Å². The van der Waals surface area contributed by atoms with Crippen molar-refractivity contribution in [2.75, 3.05) is 31.6 Å². The minimum Gasteiger partial charge on any atom is -0.340 e. The van der Waals surface area contributed by atoms with Gasteiger partial charge < -0.3 is 9.80 Å². The fourth-order valence-electron chi connectivity index (χ4n) is 3.00. The van der Waals surface area contributed by atoms with Crippen LogP contribution < -0.4 is 10.6 Å². The Balaban J connectivity index is 2.06. The molecule has 122 valence electrons. The predicted octanol–water partition coefficient (Wildman–Crippen LogP) is 3.39. The molecule has 0 N–H and O–H groups in total. The molecule has 0 radical (unpaired) electrons. The SMILES string of the molecule is Cc1cc2c3c(nc(=O)n2I)N2CCN(C)CC2SSc3c1Cl. The molecule has 1 fully saturated rings. The van der Waals surface area contributed by atoms with Gasteiger partial charge in [-0.1, -0.05) is 33.2 Å². The zero-order chi connectivity index (χ0) is 16.3. The summed E-state index contributed by atoms with van der Waals surface area (Å²) < 4.78 is 1.59. The molecule has 2 aliphatic heterocycles. The van der Waals surface area contributed by atoms with E-state index >= 15 is 0 Å². The van der Waals surface area contributed by atoms with Crippen LogP contribution >= 0.6 is 56.1 Å². The standard InChI is InChI=1S/C14H14ClIN4OS2/c1-7-5-8-10-12(11(7)15)23-22-9-6-18(2)3-4-19(9)13(10)17-14(21)20(8)16/h5,9H,3-4,6H2,1-2H3. The van der Waals surface area contributed by atoms with E-state index in [2.05, 4.69) is 21.8 Å². The summed E-state index contributed by atoms with van der Waals surface area (Å²) in [5, 5.41) is 2.03. The number of hydrogen-bond donors (Lipinski definition) is 0. The van der Waals surface area contributed by atoms with Crippen LogP contribution in [0.5, 0.6) is 0 Å². The van der Waals surface area contributed by atoms with Crippen molar-refractivity contribution < 1.29 is 0 Å². The van der Waals surface area contributed by atoms with E-state index in [1.165, 1.54) is 0 Å². The lowest BCUT2D eigenvalue weighted by atomic mass is 10.1. The van der Waals surface area contributed by atoms with Gasteiger partial charge in [-0.05, 0) is 25.6 Å². The van der Waals surface area contributed by atoms with Gasteiger partial charge in [0.1, 0.15) is 5.82 Å². The molecule has 4 rings (SSSR count). The molecule has 23 heavy (non-hydrogen) atoms. The van der Waals surface area contributed by atoms with E-state index in [1.54, 1.807) is 24.4 Å². The topological polar surface area (TPSA) is 41.4 Å². The van der Waals surface area contributed by atoms with Crippen molar-refractivity contribution >= 4 is 72.8 Å². The molecule has 0 bridgehead atoms. The number of piperazine rings is 1. The molecular formula is C14H14ClIN4OS2. The van der Waals surface area contributed by atoms with Gasteiger partial charge in [-0.25, -0.2) is 7.58 Å². The van der Waals surface area contributed by atoms with Crippen molar-refractivity contribution in [1.82, 2.24) is 12.7 Å². The smallest absolute Gasteiger partial charge is 0.340 e. The van der Waals surface area contributed by atoms with Gasteiger partial charge >= 0.3 is 5.69 Å². The maximum atomic E-state index is 12.4. The Kier molecular flexibility index (Phi) is 4.24. The highest BCUT2D eigenvalue weighted by Crippen LogP contribution is 2.50. The van der Waals surface area contributed by atoms with E-state index in [-0.39, 0.29) is 11.1 Å². The first kappa shape index (κ1) is 16.3. The molecule has 2 aromatic rings. The van der Waals surface area contributed by atoms with Gasteiger partial charge in [-0.2, -0.15) is 4.98 Å². The number of likely N-dealkylation sites (N-methyl/N-ethyl adjacent to an activating group) is 1. The Hall–Kier alpha value is -0.160. The van der Waals surface area contributed by atoms with Crippen LogP contribution in [0.2, 0.25) is 5.02 Å². The molecule has 9 heteroatoms. The van der Waals surface area contributed by atoms with Crippen LogP contribution in [0.15, 0.2) is 15.8 Å². The second kappa shape index (κ2) is 5.98. The van der Waals surface area contributed by atoms with Crippen molar-refractivity contribution in [3.63, 3.8) is 0 Å². The van der Waals surface area contributed by atoms with Crippen LogP contribution in [0.3, 0.4) is 0 Å². The van der Waals surface area contributed by atoms with Gasteiger partial charge in [0, 0.05) is 19.6 Å². The van der Waals surface area contributed by atoms with Crippen molar-refractivity contribution in [3.05, 3.63) is 27.1 Å². The molecule has 1 aromatic carbocycles. The number of aromatic nitrogens is 2. The Morgan fingerprint density at radius 3 is 3.00 bits per heavy atom. The molecule has 2 aliphatic rings. The third-order valence-corrected chi connectivity index (χ3v) is 8.52. The molecule has 5 nitrogen and oxygen atoms in total. The Morgan fingerprint density at radius 1 is 1.43 bits per heavy atom. The van der Waals surface area contributed by atoms with Gasteiger partial charge in [0.2, 0.25) is 0 Å². The zero-order valence-corrected chi connectivity index (χ0v) is 17.1. The van der Waals surface area contributed by atoms with Crippen LogP contribution in [0, 0.1) is 6.92 Å². The molecule has 0 saturated carbocycles. The highest BCUT2D eigenvalue weighted by molar-refractivity contribution is 14.1. The van der Waals surface area contributed by atoms with E-state index in [4.69, 9.17) is 11.6 Å². The van der Waals surface area contributed by atoms with E-state index in [0.29, 0.717) is 0 Å².